The first-order valence-electron chi connectivity index (χ1n) is 5.59. The number of rotatable bonds is 2. The van der Waals surface area contributed by atoms with Gasteiger partial charge in [0.1, 0.15) is 0 Å². The molecule has 0 radical (unpaired) electrons. The minimum atomic E-state index is -4.94. The largest absolute Gasteiger partial charge is 0.416 e. The fourth-order valence-corrected chi connectivity index (χ4v) is 1.99. The summed E-state index contributed by atoms with van der Waals surface area (Å²) >= 11 is 1.05. The second-order valence-electron chi connectivity index (χ2n) is 4.13. The summed E-state index contributed by atoms with van der Waals surface area (Å²) in [6.07, 6.45) is -8.28. The monoisotopic (exact) mass is 342 g/mol. The van der Waals surface area contributed by atoms with Crippen LogP contribution in [0, 0.1) is 0 Å². The summed E-state index contributed by atoms with van der Waals surface area (Å²) in [5.41, 5.74) is 2.12. The highest BCUT2D eigenvalue weighted by Gasteiger charge is 2.37. The highest BCUT2D eigenvalue weighted by Crippen LogP contribution is 2.37. The second kappa shape index (κ2) is 5.38. The average molecular weight is 342 g/mol. The highest BCUT2D eigenvalue weighted by atomic mass is 32.2. The summed E-state index contributed by atoms with van der Waals surface area (Å²) in [5, 5.41) is 3.88. The number of hydrogen-bond acceptors (Lipinski definition) is 4. The van der Waals surface area contributed by atoms with Crippen LogP contribution in [0.4, 0.5) is 32.3 Å². The Labute approximate surface area is 124 Å². The Balaban J connectivity index is 2.67. The van der Waals surface area contributed by atoms with Crippen molar-refractivity contribution in [3.8, 4) is 5.69 Å². The van der Waals surface area contributed by atoms with E-state index in [1.165, 1.54) is 0 Å². The molecule has 0 aliphatic heterocycles. The van der Waals surface area contributed by atoms with Gasteiger partial charge in [-0.15, -0.1) is 5.10 Å². The van der Waals surface area contributed by atoms with Crippen molar-refractivity contribution in [3.05, 3.63) is 29.3 Å². The second-order valence-corrected chi connectivity index (χ2v) is 4.91. The molecule has 11 heteroatoms. The van der Waals surface area contributed by atoms with Crippen molar-refractivity contribution in [1.29, 1.82) is 0 Å². The van der Waals surface area contributed by atoms with Gasteiger partial charge in [-0.25, -0.2) is 0 Å². The average Bonchev–Trinajstić information content (AvgIpc) is 2.77. The van der Waals surface area contributed by atoms with E-state index in [2.05, 4.69) is 10.1 Å². The van der Waals surface area contributed by atoms with E-state index < -0.39 is 29.2 Å². The molecule has 0 bridgehead atoms. The number of nitrogens with two attached hydrogens (primary N) is 1. The van der Waals surface area contributed by atoms with Crippen LogP contribution in [0.1, 0.15) is 11.1 Å². The molecular weight excluding hydrogens is 334 g/mol. The van der Waals surface area contributed by atoms with Crippen molar-refractivity contribution in [2.24, 2.45) is 0 Å². The molecule has 120 valence electrons. The normalized spacial score (nSPS) is 12.7. The van der Waals surface area contributed by atoms with Gasteiger partial charge in [-0.3, -0.25) is 0 Å². The van der Waals surface area contributed by atoms with E-state index in [4.69, 9.17) is 5.73 Å². The Morgan fingerprint density at radius 3 is 1.86 bits per heavy atom. The van der Waals surface area contributed by atoms with Crippen LogP contribution in [0.15, 0.2) is 23.4 Å². The number of aromatic nitrogens is 3. The Kier molecular flexibility index (Phi) is 4.02. The maximum absolute atomic E-state index is 12.8. The van der Waals surface area contributed by atoms with Crippen LogP contribution in [0.3, 0.4) is 0 Å². The van der Waals surface area contributed by atoms with Gasteiger partial charge >= 0.3 is 12.4 Å². The van der Waals surface area contributed by atoms with Gasteiger partial charge in [-0.05, 0) is 24.5 Å². The molecule has 0 aliphatic carbocycles. The number of benzene rings is 1. The lowest BCUT2D eigenvalue weighted by Gasteiger charge is -2.14. The Morgan fingerprint density at radius 1 is 1.00 bits per heavy atom. The molecule has 4 nitrogen and oxygen atoms in total. The molecule has 2 aromatic rings. The molecule has 1 aromatic heterocycles. The summed E-state index contributed by atoms with van der Waals surface area (Å²) < 4.78 is 77.4. The zero-order chi connectivity index (χ0) is 16.7. The predicted octanol–water partition coefficient (Wildman–Crippen LogP) is 3.61. The van der Waals surface area contributed by atoms with Crippen LogP contribution in [-0.4, -0.2) is 21.0 Å². The van der Waals surface area contributed by atoms with Gasteiger partial charge in [0.25, 0.3) is 0 Å². The van der Waals surface area contributed by atoms with E-state index in [1.807, 2.05) is 0 Å². The zero-order valence-electron chi connectivity index (χ0n) is 10.8. The SMILES string of the molecule is CSc1nc(N)n(-c2cc(C(F)(F)F)cc(C(F)(F)F)c2)n1. The number of nitrogen functional groups attached to an aromatic ring is 1. The standard InChI is InChI=1S/C11H8F6N4S/c1-22-9-19-8(18)21(20-9)7-3-5(10(12,13)14)2-6(4-7)11(15,16)17/h2-4H,1H3,(H2,18,19,20). The fourth-order valence-electron chi connectivity index (χ4n) is 1.64. The van der Waals surface area contributed by atoms with Crippen molar-refractivity contribution in [2.75, 3.05) is 12.0 Å². The molecule has 0 amide bonds. The third-order valence-electron chi connectivity index (χ3n) is 2.61. The molecule has 0 saturated heterocycles. The topological polar surface area (TPSA) is 56.7 Å². The molecule has 0 unspecified atom stereocenters. The molecular formula is C11H8F6N4S. The third-order valence-corrected chi connectivity index (χ3v) is 3.15. The van der Waals surface area contributed by atoms with Crippen LogP contribution < -0.4 is 5.73 Å². The first-order chi connectivity index (χ1) is 10.0. The Hall–Kier alpha value is -1.91. The minimum Gasteiger partial charge on any atom is -0.368 e. The van der Waals surface area contributed by atoms with Gasteiger partial charge in [0.2, 0.25) is 11.1 Å². The molecule has 22 heavy (non-hydrogen) atoms. The summed E-state index contributed by atoms with van der Waals surface area (Å²) in [6.45, 7) is 0. The maximum Gasteiger partial charge on any atom is 0.416 e. The Bertz CT molecular complexity index is 659. The van der Waals surface area contributed by atoms with Gasteiger partial charge in [-0.1, -0.05) is 11.8 Å². The number of hydrogen-bond donors (Lipinski definition) is 1. The molecule has 0 saturated carbocycles. The highest BCUT2D eigenvalue weighted by molar-refractivity contribution is 7.98. The summed E-state index contributed by atoms with van der Waals surface area (Å²) in [7, 11) is 0. The number of alkyl halides is 6. The Morgan fingerprint density at radius 2 is 1.50 bits per heavy atom. The van der Waals surface area contributed by atoms with Crippen LogP contribution in [0.2, 0.25) is 0 Å². The van der Waals surface area contributed by atoms with Crippen molar-refractivity contribution in [2.45, 2.75) is 17.5 Å². The van der Waals surface area contributed by atoms with Gasteiger partial charge in [0, 0.05) is 0 Å². The van der Waals surface area contributed by atoms with Gasteiger partial charge in [0.05, 0.1) is 16.8 Å². The van der Waals surface area contributed by atoms with E-state index in [-0.39, 0.29) is 17.2 Å². The lowest BCUT2D eigenvalue weighted by molar-refractivity contribution is -0.143. The molecule has 0 atom stereocenters. The first-order valence-corrected chi connectivity index (χ1v) is 6.81. The molecule has 2 N–H and O–H groups in total. The van der Waals surface area contributed by atoms with Crippen molar-refractivity contribution >= 4 is 17.7 Å². The molecule has 1 aromatic carbocycles. The van der Waals surface area contributed by atoms with Gasteiger partial charge in [0.15, 0.2) is 0 Å². The minimum absolute atomic E-state index is 0.0338. The zero-order valence-corrected chi connectivity index (χ0v) is 11.6. The summed E-state index contributed by atoms with van der Waals surface area (Å²) in [4.78, 5) is 3.72. The lowest BCUT2D eigenvalue weighted by Crippen LogP contribution is -2.13. The quantitative estimate of drug-likeness (QED) is 0.669. The molecule has 0 aliphatic rings. The van der Waals surface area contributed by atoms with Crippen molar-refractivity contribution in [1.82, 2.24) is 14.8 Å². The predicted molar refractivity (Wildman–Crippen MR) is 67.6 cm³/mol. The maximum atomic E-state index is 12.8. The number of anilines is 1. The van der Waals surface area contributed by atoms with Crippen LogP contribution in [0.5, 0.6) is 0 Å². The van der Waals surface area contributed by atoms with Crippen LogP contribution in [0.25, 0.3) is 5.69 Å². The van der Waals surface area contributed by atoms with E-state index in [1.54, 1.807) is 6.26 Å². The van der Waals surface area contributed by atoms with Gasteiger partial charge < -0.3 is 5.73 Å². The number of halogens is 6. The number of nitrogens with zero attached hydrogens (tertiary/aromatic N) is 3. The van der Waals surface area contributed by atoms with E-state index >= 15 is 0 Å². The first kappa shape index (κ1) is 16.5. The van der Waals surface area contributed by atoms with Crippen LogP contribution >= 0.6 is 11.8 Å². The number of thioether (sulfide) groups is 1. The van der Waals surface area contributed by atoms with E-state index in [9.17, 15) is 26.3 Å². The fraction of sp³-hybridized carbons (Fsp3) is 0.273. The lowest BCUT2D eigenvalue weighted by atomic mass is 10.1. The smallest absolute Gasteiger partial charge is 0.368 e. The van der Waals surface area contributed by atoms with E-state index in [0.717, 1.165) is 16.4 Å². The molecule has 0 fully saturated rings. The van der Waals surface area contributed by atoms with Gasteiger partial charge in [-0.2, -0.15) is 36.0 Å². The molecule has 2 rings (SSSR count). The summed E-state index contributed by atoms with van der Waals surface area (Å²) in [5.74, 6) is -0.309. The molecule has 1 heterocycles. The summed E-state index contributed by atoms with van der Waals surface area (Å²) in [6, 6.07) is 1.10. The third kappa shape index (κ3) is 3.29. The molecule has 0 spiro atoms. The van der Waals surface area contributed by atoms with Crippen LogP contribution in [-0.2, 0) is 12.4 Å². The van der Waals surface area contributed by atoms with Crippen molar-refractivity contribution < 1.29 is 26.3 Å². The van der Waals surface area contributed by atoms with E-state index in [0.29, 0.717) is 12.1 Å². The van der Waals surface area contributed by atoms with Crippen molar-refractivity contribution in [3.63, 3.8) is 0 Å².